The average Bonchev–Trinajstić information content (AvgIpc) is 2.70. The number of benzene rings is 2. The van der Waals surface area contributed by atoms with Gasteiger partial charge in [0, 0.05) is 9.99 Å². The number of ether oxygens (including phenoxy) is 2. The standard InChI is InChI=1S/C21H22INO6/c1-13(2)18(23-21(27)28-12-14-7-4-3-5-8-14)20(26)29-17-10-6-9-15(19(24)25)16(17)11-22/h3-10,13,18H,11-12H2,1-2H3,(H,23,27)(H,24,25)/t18-/m0/s1. The number of halogens is 1. The highest BCUT2D eigenvalue weighted by Crippen LogP contribution is 2.26. The summed E-state index contributed by atoms with van der Waals surface area (Å²) in [5, 5.41) is 11.8. The highest BCUT2D eigenvalue weighted by Gasteiger charge is 2.28. The van der Waals surface area contributed by atoms with E-state index in [0.717, 1.165) is 5.56 Å². The van der Waals surface area contributed by atoms with Gasteiger partial charge in [0.05, 0.1) is 5.56 Å². The molecular weight excluding hydrogens is 489 g/mol. The van der Waals surface area contributed by atoms with Crippen LogP contribution in [0.5, 0.6) is 5.75 Å². The number of carboxylic acid groups (broad SMARTS) is 1. The maximum atomic E-state index is 12.7. The van der Waals surface area contributed by atoms with Gasteiger partial charge in [-0.15, -0.1) is 0 Å². The molecule has 0 spiro atoms. The predicted octanol–water partition coefficient (Wildman–Crippen LogP) is 4.18. The van der Waals surface area contributed by atoms with Gasteiger partial charge in [0.25, 0.3) is 0 Å². The van der Waals surface area contributed by atoms with E-state index in [9.17, 15) is 19.5 Å². The van der Waals surface area contributed by atoms with Crippen molar-refractivity contribution in [2.24, 2.45) is 5.92 Å². The lowest BCUT2D eigenvalue weighted by atomic mass is 10.0. The molecule has 0 fully saturated rings. The normalized spacial score (nSPS) is 11.6. The summed E-state index contributed by atoms with van der Waals surface area (Å²) < 4.78 is 11.0. The van der Waals surface area contributed by atoms with E-state index >= 15 is 0 Å². The van der Waals surface area contributed by atoms with Gasteiger partial charge in [-0.05, 0) is 23.6 Å². The van der Waals surface area contributed by atoms with E-state index in [4.69, 9.17) is 9.47 Å². The van der Waals surface area contributed by atoms with Crippen molar-refractivity contribution in [2.75, 3.05) is 0 Å². The Balaban J connectivity index is 2.07. The van der Waals surface area contributed by atoms with Crippen molar-refractivity contribution in [3.8, 4) is 5.75 Å². The van der Waals surface area contributed by atoms with Crippen molar-refractivity contribution in [3.63, 3.8) is 0 Å². The summed E-state index contributed by atoms with van der Waals surface area (Å²) in [6.45, 7) is 3.60. The third kappa shape index (κ3) is 6.45. The fourth-order valence-electron chi connectivity index (χ4n) is 2.56. The van der Waals surface area contributed by atoms with E-state index in [1.807, 2.05) is 52.9 Å². The Hall–Kier alpha value is -2.62. The summed E-state index contributed by atoms with van der Waals surface area (Å²) in [5.74, 6) is -1.89. The number of alkyl carbamates (subject to hydrolysis) is 1. The molecule has 29 heavy (non-hydrogen) atoms. The first-order valence-electron chi connectivity index (χ1n) is 8.93. The third-order valence-corrected chi connectivity index (χ3v) is 4.88. The Morgan fingerprint density at radius 2 is 1.76 bits per heavy atom. The fourth-order valence-corrected chi connectivity index (χ4v) is 3.35. The van der Waals surface area contributed by atoms with Gasteiger partial charge in [-0.1, -0.05) is 72.8 Å². The Morgan fingerprint density at radius 3 is 2.34 bits per heavy atom. The molecule has 0 heterocycles. The van der Waals surface area contributed by atoms with Crippen LogP contribution < -0.4 is 10.1 Å². The Morgan fingerprint density at radius 1 is 1.07 bits per heavy atom. The Bertz CT molecular complexity index is 869. The molecule has 0 aliphatic rings. The number of carbonyl (C=O) groups is 3. The summed E-state index contributed by atoms with van der Waals surface area (Å²) >= 11 is 2.01. The quantitative estimate of drug-likeness (QED) is 0.239. The number of alkyl halides is 1. The van der Waals surface area contributed by atoms with Gasteiger partial charge in [-0.3, -0.25) is 0 Å². The molecular formula is C21H22INO6. The zero-order valence-electron chi connectivity index (χ0n) is 16.1. The number of hydrogen-bond acceptors (Lipinski definition) is 5. The molecule has 2 aromatic rings. The van der Waals surface area contributed by atoms with Crippen molar-refractivity contribution in [2.45, 2.75) is 30.9 Å². The lowest BCUT2D eigenvalue weighted by molar-refractivity contribution is -0.137. The highest BCUT2D eigenvalue weighted by molar-refractivity contribution is 14.1. The second kappa shape index (κ2) is 10.8. The van der Waals surface area contributed by atoms with Crippen LogP contribution in [0, 0.1) is 5.92 Å². The van der Waals surface area contributed by atoms with Gasteiger partial charge in [0.1, 0.15) is 18.4 Å². The van der Waals surface area contributed by atoms with Crippen LogP contribution in [0.25, 0.3) is 0 Å². The van der Waals surface area contributed by atoms with Gasteiger partial charge in [0.2, 0.25) is 0 Å². The molecule has 2 rings (SSSR count). The molecule has 0 aliphatic carbocycles. The minimum atomic E-state index is -1.10. The molecule has 0 saturated carbocycles. The summed E-state index contributed by atoms with van der Waals surface area (Å²) in [6.07, 6.45) is -0.738. The number of rotatable bonds is 8. The molecule has 2 aromatic carbocycles. The van der Waals surface area contributed by atoms with Crippen LogP contribution in [0.4, 0.5) is 4.79 Å². The minimum Gasteiger partial charge on any atom is -0.478 e. The first-order valence-corrected chi connectivity index (χ1v) is 10.5. The molecule has 0 unspecified atom stereocenters. The molecule has 0 radical (unpaired) electrons. The van der Waals surface area contributed by atoms with Crippen LogP contribution in [0.3, 0.4) is 0 Å². The maximum absolute atomic E-state index is 12.7. The molecule has 154 valence electrons. The van der Waals surface area contributed by atoms with E-state index in [0.29, 0.717) is 9.99 Å². The summed E-state index contributed by atoms with van der Waals surface area (Å²) in [4.78, 5) is 36.2. The minimum absolute atomic E-state index is 0.0704. The largest absolute Gasteiger partial charge is 0.478 e. The molecule has 8 heteroatoms. The number of carbonyl (C=O) groups excluding carboxylic acids is 2. The highest BCUT2D eigenvalue weighted by atomic mass is 127. The van der Waals surface area contributed by atoms with Crippen LogP contribution in [0.2, 0.25) is 0 Å². The van der Waals surface area contributed by atoms with Crippen LogP contribution in [-0.4, -0.2) is 29.2 Å². The maximum Gasteiger partial charge on any atom is 0.408 e. The van der Waals surface area contributed by atoms with Gasteiger partial charge in [0.15, 0.2) is 0 Å². The summed E-state index contributed by atoms with van der Waals surface area (Å²) in [7, 11) is 0. The van der Waals surface area contributed by atoms with E-state index in [2.05, 4.69) is 5.32 Å². The molecule has 0 aliphatic heterocycles. The van der Waals surface area contributed by atoms with Crippen molar-refractivity contribution >= 4 is 40.6 Å². The van der Waals surface area contributed by atoms with Gasteiger partial charge >= 0.3 is 18.0 Å². The van der Waals surface area contributed by atoms with E-state index in [1.165, 1.54) is 18.2 Å². The molecule has 0 aromatic heterocycles. The SMILES string of the molecule is CC(C)[C@H](NC(=O)OCc1ccccc1)C(=O)Oc1cccc(C(=O)O)c1CI. The molecule has 0 saturated heterocycles. The first kappa shape index (κ1) is 22.7. The topological polar surface area (TPSA) is 102 Å². The predicted molar refractivity (Wildman–Crippen MR) is 115 cm³/mol. The van der Waals surface area contributed by atoms with E-state index < -0.39 is 24.1 Å². The van der Waals surface area contributed by atoms with E-state index in [1.54, 1.807) is 13.8 Å². The van der Waals surface area contributed by atoms with Crippen molar-refractivity contribution in [1.29, 1.82) is 0 Å². The molecule has 1 amide bonds. The first-order chi connectivity index (χ1) is 13.8. The number of aromatic carboxylic acids is 1. The van der Waals surface area contributed by atoms with Crippen molar-refractivity contribution < 1.29 is 29.0 Å². The fraction of sp³-hybridized carbons (Fsp3) is 0.286. The van der Waals surface area contributed by atoms with Crippen LogP contribution >= 0.6 is 22.6 Å². The Labute approximate surface area is 182 Å². The summed E-state index contributed by atoms with van der Waals surface area (Å²) in [5.41, 5.74) is 1.30. The Kier molecular flexibility index (Phi) is 8.44. The number of amides is 1. The average molecular weight is 511 g/mol. The second-order valence-corrected chi connectivity index (χ2v) is 7.33. The molecule has 1 atom stereocenters. The molecule has 2 N–H and O–H groups in total. The van der Waals surface area contributed by atoms with Crippen LogP contribution in [0.15, 0.2) is 48.5 Å². The van der Waals surface area contributed by atoms with Gasteiger partial charge in [-0.25, -0.2) is 14.4 Å². The van der Waals surface area contributed by atoms with Crippen molar-refractivity contribution in [1.82, 2.24) is 5.32 Å². The molecule has 0 bridgehead atoms. The monoisotopic (exact) mass is 511 g/mol. The number of hydrogen-bond donors (Lipinski definition) is 2. The second-order valence-electron chi connectivity index (χ2n) is 6.57. The lowest BCUT2D eigenvalue weighted by Crippen LogP contribution is -2.46. The number of nitrogens with one attached hydrogen (secondary N) is 1. The van der Waals surface area contributed by atoms with Gasteiger partial charge < -0.3 is 19.9 Å². The molecule has 7 nitrogen and oxygen atoms in total. The van der Waals surface area contributed by atoms with Crippen molar-refractivity contribution in [3.05, 3.63) is 65.2 Å². The zero-order chi connectivity index (χ0) is 21.4. The van der Waals surface area contributed by atoms with Crippen LogP contribution in [-0.2, 0) is 20.6 Å². The lowest BCUT2D eigenvalue weighted by Gasteiger charge is -2.21. The summed E-state index contributed by atoms with van der Waals surface area (Å²) in [6, 6.07) is 12.7. The smallest absolute Gasteiger partial charge is 0.408 e. The third-order valence-electron chi connectivity index (χ3n) is 4.11. The number of esters is 1. The van der Waals surface area contributed by atoms with Gasteiger partial charge in [-0.2, -0.15) is 0 Å². The zero-order valence-corrected chi connectivity index (χ0v) is 18.2. The van der Waals surface area contributed by atoms with E-state index in [-0.39, 0.29) is 23.8 Å². The van der Waals surface area contributed by atoms with Crippen LogP contribution in [0.1, 0.15) is 35.3 Å². The number of carboxylic acids is 1.